The number of ether oxygens (including phenoxy) is 3. The maximum Gasteiger partial charge on any atom is 0.328 e. The number of aliphatic hydroxyl groups is 1. The van der Waals surface area contributed by atoms with Crippen molar-refractivity contribution in [1.29, 1.82) is 5.26 Å². The summed E-state index contributed by atoms with van der Waals surface area (Å²) in [5.41, 5.74) is 11.2. The molecule has 12 aromatic rings. The average molecular weight is 1520 g/mol. The monoisotopic (exact) mass is 1510 g/mol. The lowest BCUT2D eigenvalue weighted by molar-refractivity contribution is 0.224. The van der Waals surface area contributed by atoms with E-state index in [-0.39, 0.29) is 17.9 Å². The quantitative estimate of drug-likeness (QED) is 0.0225. The Balaban J connectivity index is 1.23. The number of hydrogen-bond acceptors (Lipinski definition) is 9. The van der Waals surface area contributed by atoms with E-state index >= 15 is 0 Å². The van der Waals surface area contributed by atoms with Gasteiger partial charge in [-0.05, 0) is 91.6 Å². The molecule has 0 spiro atoms. The van der Waals surface area contributed by atoms with E-state index in [1.54, 1.807) is 19.5 Å². The van der Waals surface area contributed by atoms with Crippen LogP contribution in [0.25, 0.3) is 71.5 Å². The molecule has 0 unspecified atom stereocenters. The van der Waals surface area contributed by atoms with Crippen LogP contribution in [0.4, 0.5) is 0 Å². The molecule has 1 N–H and O–H groups in total. The van der Waals surface area contributed by atoms with E-state index in [0.717, 1.165) is 81.5 Å². The first kappa shape index (κ1) is 82.9. The van der Waals surface area contributed by atoms with Crippen LogP contribution >= 0.6 is 0 Å². The molecule has 14 heteroatoms. The fraction of sp³-hybridized carbons (Fsp3) is 0.380. The third-order valence-electron chi connectivity index (χ3n) is 22.9. The highest BCUT2D eigenvalue weighted by atomic mass is 16.5. The SMILES string of the molecule is [C-]#[N+]/C(c1cnc2cc(CO)ccc2n1)=c1\c2c(-c3cccc(OCC(CCCCCCCC)CCCCCCCC)c3)n(B(c3ccccc3)c3ccccc3)/c(=C(/C#N)c3cnc4cc(OC)ccc4n3)c2c(-c2cccc(OCC(CCCCCCCC)CCCCCCCC)c2)n1B(c1ccccc1)c1ccccc1. The fourth-order valence-corrected chi connectivity index (χ4v) is 16.8. The Kier molecular flexibility index (Phi) is 31.7. The van der Waals surface area contributed by atoms with Crippen molar-refractivity contribution in [3.05, 3.63) is 258 Å². The number of hydrogen-bond donors (Lipinski definition) is 1. The number of nitriles is 1. The maximum absolute atomic E-state index is 12.9. The zero-order chi connectivity index (χ0) is 79.1. The number of aliphatic hydroxyl groups excluding tert-OH is 1. The van der Waals surface area contributed by atoms with Gasteiger partial charge in [0, 0.05) is 50.9 Å². The van der Waals surface area contributed by atoms with Gasteiger partial charge < -0.3 is 28.3 Å². The lowest BCUT2D eigenvalue weighted by atomic mass is 9.50. The topological polar surface area (TPSA) is 137 Å². The minimum atomic E-state index is -0.634. The second-order valence-electron chi connectivity index (χ2n) is 31.3. The number of benzene rings is 8. The zero-order valence-electron chi connectivity index (χ0n) is 68.3. The minimum absolute atomic E-state index is 0.167. The standard InChI is InChI=1S/C100H116B2N8O4/c1-7-11-15-19-23-31-45-75(46-32-24-20-16-12-8-2)73-113-85-59-43-49-78(66-85)97-94-95(100(96(104-5)93-71-106-90-65-77(72-111)61-63-88(90)108-93)110(97)102(82-55-39-29-40-56-82)83-57-41-30-42-58-83)98(79-50-44-60-86(67-79)114-74-76(47-33-25-21-17-13-9-3)48-34-26-22-18-14-10-4)109(101(80-51-35-27-36-52-80)81-53-37-28-38-54-81)99(94)87(69-103)92-70-105-91-68-84(112-6)62-64-89(91)107-92/h27-30,35-44,49-68,70-71,75-76,111H,7-26,31-34,45-48,72-74H2,1-4,6H3/b99-87-,100-96+. The first-order valence-electron chi connectivity index (χ1n) is 43.0. The molecular weight excluding hydrogens is 1400 g/mol. The van der Waals surface area contributed by atoms with E-state index in [1.807, 2.05) is 36.4 Å². The van der Waals surface area contributed by atoms with E-state index < -0.39 is 13.7 Å². The lowest BCUT2D eigenvalue weighted by Crippen LogP contribution is -2.54. The Morgan fingerprint density at radius 1 is 0.430 bits per heavy atom. The third-order valence-corrected chi connectivity index (χ3v) is 22.9. The van der Waals surface area contributed by atoms with Crippen molar-refractivity contribution < 1.29 is 19.3 Å². The highest BCUT2D eigenvalue weighted by molar-refractivity contribution is 6.85. The summed E-state index contributed by atoms with van der Waals surface area (Å²) >= 11 is 0. The van der Waals surface area contributed by atoms with Gasteiger partial charge in [0.2, 0.25) is 5.70 Å². The van der Waals surface area contributed by atoms with Crippen LogP contribution in [-0.2, 0) is 6.61 Å². The molecule has 4 aromatic heterocycles. The third kappa shape index (κ3) is 21.3. The molecule has 0 bridgehead atoms. The van der Waals surface area contributed by atoms with Crippen molar-refractivity contribution in [2.24, 2.45) is 11.8 Å². The van der Waals surface area contributed by atoms with Gasteiger partial charge >= 0.3 is 13.7 Å². The van der Waals surface area contributed by atoms with Gasteiger partial charge in [-0.25, -0.2) is 9.83 Å². The van der Waals surface area contributed by atoms with Crippen molar-refractivity contribution in [2.45, 2.75) is 214 Å². The predicted molar refractivity (Wildman–Crippen MR) is 475 cm³/mol. The first-order chi connectivity index (χ1) is 56.3. The van der Waals surface area contributed by atoms with Crippen LogP contribution < -0.4 is 46.8 Å². The largest absolute Gasteiger partial charge is 0.497 e. The Morgan fingerprint density at radius 2 is 0.816 bits per heavy atom. The number of rotatable bonds is 46. The lowest BCUT2D eigenvalue weighted by Gasteiger charge is -2.25. The van der Waals surface area contributed by atoms with Crippen LogP contribution in [0.3, 0.4) is 0 Å². The number of methoxy groups -OCH3 is 1. The minimum Gasteiger partial charge on any atom is -0.497 e. The molecule has 12 rings (SSSR count). The van der Waals surface area contributed by atoms with Crippen LogP contribution in [0.1, 0.15) is 224 Å². The van der Waals surface area contributed by atoms with E-state index in [9.17, 15) is 16.9 Å². The van der Waals surface area contributed by atoms with Crippen LogP contribution in [0.15, 0.2) is 219 Å². The van der Waals surface area contributed by atoms with Gasteiger partial charge in [-0.3, -0.25) is 15.0 Å². The van der Waals surface area contributed by atoms with Gasteiger partial charge in [0.15, 0.2) is 0 Å². The predicted octanol–water partition coefficient (Wildman–Crippen LogP) is 21.3. The molecule has 114 heavy (non-hydrogen) atoms. The Labute approximate surface area is 678 Å². The summed E-state index contributed by atoms with van der Waals surface area (Å²) in [6.07, 6.45) is 37.5. The highest BCUT2D eigenvalue weighted by Gasteiger charge is 2.38. The molecular formula is C100H116B2N8O4. The molecule has 0 aliphatic rings. The number of fused-ring (bicyclic) bond motifs is 3. The molecule has 4 heterocycles. The molecule has 12 nitrogen and oxygen atoms in total. The van der Waals surface area contributed by atoms with Gasteiger partial charge in [-0.2, -0.15) is 5.26 Å². The molecule has 0 amide bonds. The summed E-state index contributed by atoms with van der Waals surface area (Å²) in [5, 5.41) is 25.9. The molecule has 0 aliphatic heterocycles. The molecule has 0 fully saturated rings. The molecule has 0 saturated carbocycles. The smallest absolute Gasteiger partial charge is 0.328 e. The summed E-state index contributed by atoms with van der Waals surface area (Å²) < 4.78 is 25.1. The molecule has 586 valence electrons. The van der Waals surface area contributed by atoms with E-state index in [1.165, 1.54) is 154 Å². The Morgan fingerprint density at radius 3 is 1.23 bits per heavy atom. The van der Waals surface area contributed by atoms with Gasteiger partial charge in [-0.15, -0.1) is 0 Å². The normalized spacial score (nSPS) is 12.1. The second-order valence-corrected chi connectivity index (χ2v) is 31.3. The van der Waals surface area contributed by atoms with E-state index in [4.69, 9.17) is 39.0 Å². The van der Waals surface area contributed by atoms with Crippen LogP contribution in [0.5, 0.6) is 17.2 Å². The Hall–Kier alpha value is -10.5. The number of nitrogens with zero attached hydrogens (tertiary/aromatic N) is 8. The van der Waals surface area contributed by atoms with Crippen LogP contribution in [0.2, 0.25) is 0 Å². The van der Waals surface area contributed by atoms with Gasteiger partial charge in [-0.1, -0.05) is 355 Å². The van der Waals surface area contributed by atoms with Crippen molar-refractivity contribution in [2.75, 3.05) is 20.3 Å². The van der Waals surface area contributed by atoms with Crippen LogP contribution in [-0.4, -0.2) is 68.0 Å². The van der Waals surface area contributed by atoms with E-state index in [2.05, 4.69) is 213 Å². The second kappa shape index (κ2) is 43.6. The maximum atomic E-state index is 12.9. The average Bonchev–Trinajstić information content (AvgIpc) is 1.52. The summed E-state index contributed by atoms with van der Waals surface area (Å²) in [5.74, 6) is 2.82. The zero-order valence-corrected chi connectivity index (χ0v) is 68.3. The molecule has 0 atom stereocenters. The van der Waals surface area contributed by atoms with E-state index in [0.29, 0.717) is 91.3 Å². The summed E-state index contributed by atoms with van der Waals surface area (Å²) in [4.78, 5) is 26.0. The van der Waals surface area contributed by atoms with Gasteiger partial charge in [0.1, 0.15) is 34.6 Å². The van der Waals surface area contributed by atoms with Crippen molar-refractivity contribution in [1.82, 2.24) is 28.9 Å². The first-order valence-corrected chi connectivity index (χ1v) is 43.0. The summed E-state index contributed by atoms with van der Waals surface area (Å²) in [6.45, 7) is 18.9. The molecule has 0 aliphatic carbocycles. The van der Waals surface area contributed by atoms with Gasteiger partial charge in [0.25, 0.3) is 0 Å². The van der Waals surface area contributed by atoms with Crippen molar-refractivity contribution >= 4 is 79.7 Å². The van der Waals surface area contributed by atoms with Gasteiger partial charge in [0.05, 0.1) is 72.8 Å². The number of unbranched alkanes of at least 4 members (excludes halogenated alkanes) is 20. The molecule has 8 aromatic carbocycles. The molecule has 0 radical (unpaired) electrons. The van der Waals surface area contributed by atoms with Crippen molar-refractivity contribution in [3.8, 4) is 45.8 Å². The van der Waals surface area contributed by atoms with Crippen LogP contribution in [0, 0.1) is 29.7 Å². The Bertz CT molecular complexity index is 4790. The molecule has 0 saturated heterocycles. The summed E-state index contributed by atoms with van der Waals surface area (Å²) in [6, 6.07) is 73.7. The van der Waals surface area contributed by atoms with Crippen molar-refractivity contribution in [3.63, 3.8) is 0 Å². The summed E-state index contributed by atoms with van der Waals surface area (Å²) in [7, 11) is 1.65. The number of aromatic nitrogens is 6. The fourth-order valence-electron chi connectivity index (χ4n) is 16.8. The highest BCUT2D eigenvalue weighted by Crippen LogP contribution is 2.40.